The number of hydrogen-bond donors (Lipinski definition) is 1. The number of halogens is 1. The lowest BCUT2D eigenvalue weighted by atomic mass is 10.0. The van der Waals surface area contributed by atoms with Gasteiger partial charge in [0.15, 0.2) is 0 Å². The van der Waals surface area contributed by atoms with E-state index in [9.17, 15) is 5.11 Å². The zero-order chi connectivity index (χ0) is 10.7. The Kier molecular flexibility index (Phi) is 3.97. The molecule has 1 unspecified atom stereocenters. The Morgan fingerprint density at radius 2 is 2.00 bits per heavy atom. The van der Waals surface area contributed by atoms with Gasteiger partial charge in [0.1, 0.15) is 0 Å². The van der Waals surface area contributed by atoms with E-state index in [1.807, 2.05) is 26.0 Å². The fraction of sp³-hybridized carbons (Fsp3) is 0.500. The molecule has 78 valence electrons. The molecule has 0 aliphatic rings. The van der Waals surface area contributed by atoms with Crippen molar-refractivity contribution in [2.24, 2.45) is 0 Å². The van der Waals surface area contributed by atoms with Crippen molar-refractivity contribution in [2.45, 2.75) is 39.7 Å². The molecule has 2 heteroatoms. The summed E-state index contributed by atoms with van der Waals surface area (Å²) in [7, 11) is 0. The molecule has 1 atom stereocenters. The highest BCUT2D eigenvalue weighted by Gasteiger charge is 2.12. The van der Waals surface area contributed by atoms with Gasteiger partial charge in [-0.2, -0.15) is 0 Å². The second-order valence-electron chi connectivity index (χ2n) is 3.79. The first-order valence-corrected chi connectivity index (χ1v) is 5.38. The smallest absolute Gasteiger partial charge is 0.0804 e. The zero-order valence-corrected chi connectivity index (χ0v) is 9.73. The first-order valence-electron chi connectivity index (χ1n) is 5.01. The minimum absolute atomic E-state index is 0.425. The van der Waals surface area contributed by atoms with E-state index >= 15 is 0 Å². The van der Waals surface area contributed by atoms with Crippen LogP contribution in [0.3, 0.4) is 0 Å². The number of benzene rings is 1. The number of aliphatic hydroxyl groups is 1. The van der Waals surface area contributed by atoms with Crippen LogP contribution in [0.2, 0.25) is 5.02 Å². The van der Waals surface area contributed by atoms with Gasteiger partial charge < -0.3 is 5.11 Å². The Bertz CT molecular complexity index is 320. The molecule has 1 rings (SSSR count). The van der Waals surface area contributed by atoms with Gasteiger partial charge >= 0.3 is 0 Å². The van der Waals surface area contributed by atoms with Crippen molar-refractivity contribution in [2.75, 3.05) is 0 Å². The van der Waals surface area contributed by atoms with Crippen molar-refractivity contribution < 1.29 is 5.11 Å². The summed E-state index contributed by atoms with van der Waals surface area (Å²) < 4.78 is 0. The topological polar surface area (TPSA) is 20.2 Å². The van der Waals surface area contributed by atoms with Crippen molar-refractivity contribution in [1.29, 1.82) is 0 Å². The lowest BCUT2D eigenvalue weighted by molar-refractivity contribution is 0.166. The Morgan fingerprint density at radius 1 is 1.36 bits per heavy atom. The summed E-state index contributed by atoms with van der Waals surface area (Å²) in [6, 6.07) is 4.00. The zero-order valence-electron chi connectivity index (χ0n) is 8.97. The molecule has 1 aromatic rings. The van der Waals surface area contributed by atoms with Crippen LogP contribution in [0.25, 0.3) is 0 Å². The molecule has 0 fully saturated rings. The van der Waals surface area contributed by atoms with Crippen LogP contribution in [0.4, 0.5) is 0 Å². The molecule has 0 aromatic heterocycles. The average Bonchev–Trinajstić information content (AvgIpc) is 2.11. The van der Waals surface area contributed by atoms with E-state index in [1.54, 1.807) is 0 Å². The van der Waals surface area contributed by atoms with Crippen molar-refractivity contribution in [3.63, 3.8) is 0 Å². The van der Waals surface area contributed by atoms with E-state index in [1.165, 1.54) is 0 Å². The van der Waals surface area contributed by atoms with Gasteiger partial charge in [0.25, 0.3) is 0 Å². The Hall–Kier alpha value is -0.530. The van der Waals surface area contributed by atoms with Gasteiger partial charge in [0, 0.05) is 5.02 Å². The molecule has 0 saturated carbocycles. The summed E-state index contributed by atoms with van der Waals surface area (Å²) in [5.41, 5.74) is 3.06. The van der Waals surface area contributed by atoms with E-state index in [-0.39, 0.29) is 0 Å². The maximum Gasteiger partial charge on any atom is 0.0804 e. The summed E-state index contributed by atoms with van der Waals surface area (Å²) in [6.07, 6.45) is 1.30. The molecule has 0 bridgehead atoms. The summed E-state index contributed by atoms with van der Waals surface area (Å²) in [6.45, 7) is 6.04. The van der Waals surface area contributed by atoms with Crippen LogP contribution in [0.1, 0.15) is 42.6 Å². The Morgan fingerprint density at radius 3 is 2.57 bits per heavy atom. The Balaban J connectivity index is 3.07. The molecule has 0 amide bonds. The molecule has 0 radical (unpaired) electrons. The van der Waals surface area contributed by atoms with Crippen molar-refractivity contribution in [1.82, 2.24) is 0 Å². The fourth-order valence-corrected chi connectivity index (χ4v) is 1.89. The second kappa shape index (κ2) is 4.81. The number of hydrogen-bond acceptors (Lipinski definition) is 1. The highest BCUT2D eigenvalue weighted by Crippen LogP contribution is 2.29. The Labute approximate surface area is 90.7 Å². The lowest BCUT2D eigenvalue weighted by Crippen LogP contribution is -1.99. The van der Waals surface area contributed by atoms with Crippen molar-refractivity contribution in [3.05, 3.63) is 33.8 Å². The van der Waals surface area contributed by atoms with E-state index in [0.29, 0.717) is 5.02 Å². The molecule has 1 nitrogen and oxygen atoms in total. The molecular formula is C12H17ClO. The van der Waals surface area contributed by atoms with Crippen molar-refractivity contribution >= 4 is 11.6 Å². The average molecular weight is 213 g/mol. The van der Waals surface area contributed by atoms with Gasteiger partial charge in [-0.15, -0.1) is 0 Å². The molecule has 0 saturated heterocycles. The minimum atomic E-state index is -0.425. The minimum Gasteiger partial charge on any atom is -0.388 e. The van der Waals surface area contributed by atoms with E-state index < -0.39 is 6.10 Å². The number of rotatable bonds is 3. The van der Waals surface area contributed by atoms with Crippen molar-refractivity contribution in [3.8, 4) is 0 Å². The number of aliphatic hydroxyl groups excluding tert-OH is 1. The highest BCUT2D eigenvalue weighted by molar-refractivity contribution is 6.32. The second-order valence-corrected chi connectivity index (χ2v) is 4.17. The molecule has 0 spiro atoms. The molecule has 14 heavy (non-hydrogen) atoms. The van der Waals surface area contributed by atoms with Gasteiger partial charge in [-0.3, -0.25) is 0 Å². The van der Waals surface area contributed by atoms with Crippen LogP contribution < -0.4 is 0 Å². The SMILES string of the molecule is CCCC(O)c1cc(C)cc(C)c1Cl. The summed E-state index contributed by atoms with van der Waals surface area (Å²) in [5.74, 6) is 0. The molecule has 0 aliphatic heterocycles. The van der Waals surface area contributed by atoms with Gasteiger partial charge in [-0.1, -0.05) is 42.6 Å². The monoisotopic (exact) mass is 212 g/mol. The van der Waals surface area contributed by atoms with Gasteiger partial charge in [0.2, 0.25) is 0 Å². The van der Waals surface area contributed by atoms with Crippen LogP contribution in [-0.2, 0) is 0 Å². The molecule has 1 aromatic carbocycles. The molecule has 0 heterocycles. The van der Waals surface area contributed by atoms with E-state index in [0.717, 1.165) is 29.5 Å². The summed E-state index contributed by atoms with van der Waals surface area (Å²) in [5, 5.41) is 10.6. The molecule has 1 N–H and O–H groups in total. The number of aryl methyl sites for hydroxylation is 2. The summed E-state index contributed by atoms with van der Waals surface area (Å²) in [4.78, 5) is 0. The predicted octanol–water partition coefficient (Wildman–Crippen LogP) is 3.79. The van der Waals surface area contributed by atoms with Gasteiger partial charge in [0.05, 0.1) is 6.10 Å². The third kappa shape index (κ3) is 2.49. The third-order valence-corrected chi connectivity index (χ3v) is 2.86. The quantitative estimate of drug-likeness (QED) is 0.809. The maximum atomic E-state index is 9.87. The van der Waals surface area contributed by atoms with Crippen LogP contribution in [0.5, 0.6) is 0 Å². The van der Waals surface area contributed by atoms with Gasteiger partial charge in [-0.25, -0.2) is 0 Å². The highest BCUT2D eigenvalue weighted by atomic mass is 35.5. The first-order chi connectivity index (χ1) is 6.56. The largest absolute Gasteiger partial charge is 0.388 e. The third-order valence-electron chi connectivity index (χ3n) is 2.35. The van der Waals surface area contributed by atoms with Crippen LogP contribution >= 0.6 is 11.6 Å². The van der Waals surface area contributed by atoms with E-state index in [4.69, 9.17) is 11.6 Å². The summed E-state index contributed by atoms with van der Waals surface area (Å²) >= 11 is 6.14. The molecule has 0 aliphatic carbocycles. The van der Waals surface area contributed by atoms with Crippen LogP contribution in [0, 0.1) is 13.8 Å². The fourth-order valence-electron chi connectivity index (χ4n) is 1.65. The van der Waals surface area contributed by atoms with E-state index in [2.05, 4.69) is 6.92 Å². The van der Waals surface area contributed by atoms with Gasteiger partial charge in [-0.05, 0) is 31.4 Å². The first kappa shape index (κ1) is 11.5. The van der Waals surface area contributed by atoms with Crippen LogP contribution in [-0.4, -0.2) is 5.11 Å². The van der Waals surface area contributed by atoms with Crippen LogP contribution in [0.15, 0.2) is 12.1 Å². The standard InChI is InChI=1S/C12H17ClO/c1-4-5-11(14)10-7-8(2)6-9(3)12(10)13/h6-7,11,14H,4-5H2,1-3H3. The maximum absolute atomic E-state index is 9.87. The lowest BCUT2D eigenvalue weighted by Gasteiger charge is -2.14. The normalized spacial score (nSPS) is 12.9. The molecular weight excluding hydrogens is 196 g/mol. The predicted molar refractivity (Wildman–Crippen MR) is 60.8 cm³/mol.